The normalized spacial score (nSPS) is 53.8. The summed E-state index contributed by atoms with van der Waals surface area (Å²) in [5.41, 5.74) is 5.81. The van der Waals surface area contributed by atoms with Crippen molar-refractivity contribution in [1.29, 1.82) is 0 Å². The lowest BCUT2D eigenvalue weighted by Gasteiger charge is -2.12. The number of rotatable bonds is 1. The van der Waals surface area contributed by atoms with Gasteiger partial charge >= 0.3 is 5.97 Å². The predicted octanol–water partition coefficient (Wildman–Crippen LogP) is 0.444. The molecule has 0 aromatic heterocycles. The molecule has 62 valence electrons. The third kappa shape index (κ3) is 0.805. The molecular weight excluding hydrogens is 142 g/mol. The van der Waals surface area contributed by atoms with Crippen LogP contribution in [0.4, 0.5) is 0 Å². The van der Waals surface area contributed by atoms with Gasteiger partial charge in [0, 0.05) is 5.54 Å². The van der Waals surface area contributed by atoms with E-state index in [0.29, 0.717) is 0 Å². The first-order chi connectivity index (χ1) is 5.04. The number of hydrogen-bond donors (Lipinski definition) is 2. The molecule has 11 heavy (non-hydrogen) atoms. The van der Waals surface area contributed by atoms with Gasteiger partial charge in [-0.1, -0.05) is 6.92 Å². The Balaban J connectivity index is 2.17. The molecule has 1 unspecified atom stereocenters. The Bertz CT molecular complexity index is 216. The SMILES string of the molecule is C[C@H]1C[C@@]2(N)CC2[C@H]1C(=O)O. The second-order valence-corrected chi connectivity index (χ2v) is 4.09. The largest absolute Gasteiger partial charge is 0.481 e. The molecule has 0 aromatic rings. The summed E-state index contributed by atoms with van der Waals surface area (Å²) >= 11 is 0. The van der Waals surface area contributed by atoms with Crippen LogP contribution in [-0.4, -0.2) is 16.6 Å². The molecule has 0 aliphatic heterocycles. The maximum Gasteiger partial charge on any atom is 0.307 e. The van der Waals surface area contributed by atoms with Gasteiger partial charge in [-0.15, -0.1) is 0 Å². The maximum atomic E-state index is 10.7. The van der Waals surface area contributed by atoms with Crippen LogP contribution in [0.1, 0.15) is 19.8 Å². The molecule has 0 amide bonds. The lowest BCUT2D eigenvalue weighted by atomic mass is 9.93. The molecule has 0 spiro atoms. The standard InChI is InChI=1S/C8H13NO2/c1-4-2-8(9)3-5(8)6(4)7(10)11/h4-6H,2-3,9H2,1H3,(H,10,11)/t4-,5?,6-,8+/m0/s1. The van der Waals surface area contributed by atoms with Crippen LogP contribution in [0.2, 0.25) is 0 Å². The molecule has 0 radical (unpaired) electrons. The van der Waals surface area contributed by atoms with Gasteiger partial charge in [-0.05, 0) is 24.7 Å². The van der Waals surface area contributed by atoms with E-state index in [1.807, 2.05) is 6.92 Å². The van der Waals surface area contributed by atoms with Gasteiger partial charge in [0.25, 0.3) is 0 Å². The topological polar surface area (TPSA) is 63.3 Å². The van der Waals surface area contributed by atoms with Gasteiger partial charge in [0.2, 0.25) is 0 Å². The van der Waals surface area contributed by atoms with E-state index in [-0.39, 0.29) is 23.3 Å². The highest BCUT2D eigenvalue weighted by atomic mass is 16.4. The van der Waals surface area contributed by atoms with Crippen LogP contribution in [0, 0.1) is 17.8 Å². The lowest BCUT2D eigenvalue weighted by Crippen LogP contribution is -2.21. The van der Waals surface area contributed by atoms with Gasteiger partial charge in [0.1, 0.15) is 0 Å². The van der Waals surface area contributed by atoms with Crippen LogP contribution in [0.5, 0.6) is 0 Å². The monoisotopic (exact) mass is 155 g/mol. The minimum Gasteiger partial charge on any atom is -0.481 e. The van der Waals surface area contributed by atoms with Crippen molar-refractivity contribution in [2.75, 3.05) is 0 Å². The molecule has 0 aromatic carbocycles. The molecule has 3 N–H and O–H groups in total. The number of aliphatic carboxylic acids is 1. The number of carbonyl (C=O) groups is 1. The summed E-state index contributed by atoms with van der Waals surface area (Å²) in [6.07, 6.45) is 1.82. The maximum absolute atomic E-state index is 10.7. The summed E-state index contributed by atoms with van der Waals surface area (Å²) in [6, 6.07) is 0. The molecule has 2 fully saturated rings. The number of hydrogen-bond acceptors (Lipinski definition) is 2. The van der Waals surface area contributed by atoms with Crippen LogP contribution < -0.4 is 5.73 Å². The highest BCUT2D eigenvalue weighted by Crippen LogP contribution is 2.59. The summed E-state index contributed by atoms with van der Waals surface area (Å²) in [6.45, 7) is 1.99. The Kier molecular flexibility index (Phi) is 1.15. The van der Waals surface area contributed by atoms with Gasteiger partial charge in [-0.25, -0.2) is 0 Å². The second-order valence-electron chi connectivity index (χ2n) is 4.09. The Morgan fingerprint density at radius 3 is 2.55 bits per heavy atom. The summed E-state index contributed by atoms with van der Waals surface area (Å²) in [4.78, 5) is 10.7. The first-order valence-electron chi connectivity index (χ1n) is 4.06. The number of nitrogens with two attached hydrogens (primary N) is 1. The van der Waals surface area contributed by atoms with Crippen molar-refractivity contribution in [2.45, 2.75) is 25.3 Å². The van der Waals surface area contributed by atoms with Crippen LogP contribution >= 0.6 is 0 Å². The zero-order valence-corrected chi connectivity index (χ0v) is 6.58. The summed E-state index contributed by atoms with van der Waals surface area (Å²) in [5.74, 6) is -0.279. The molecule has 0 saturated heterocycles. The first kappa shape index (κ1) is 7.10. The van der Waals surface area contributed by atoms with E-state index in [1.165, 1.54) is 0 Å². The van der Waals surface area contributed by atoms with E-state index in [2.05, 4.69) is 0 Å². The van der Waals surface area contributed by atoms with Crippen molar-refractivity contribution < 1.29 is 9.90 Å². The zero-order valence-electron chi connectivity index (χ0n) is 6.58. The Hall–Kier alpha value is -0.570. The van der Waals surface area contributed by atoms with E-state index in [1.54, 1.807) is 0 Å². The smallest absolute Gasteiger partial charge is 0.307 e. The molecule has 0 heterocycles. The molecule has 2 aliphatic rings. The third-order valence-corrected chi connectivity index (χ3v) is 3.21. The highest BCUT2D eigenvalue weighted by molar-refractivity contribution is 5.72. The van der Waals surface area contributed by atoms with Crippen molar-refractivity contribution in [3.05, 3.63) is 0 Å². The van der Waals surface area contributed by atoms with Crippen LogP contribution in [0.15, 0.2) is 0 Å². The van der Waals surface area contributed by atoms with Crippen molar-refractivity contribution >= 4 is 5.97 Å². The zero-order chi connectivity index (χ0) is 8.22. The number of carboxylic acid groups (broad SMARTS) is 1. The van der Waals surface area contributed by atoms with E-state index in [4.69, 9.17) is 10.8 Å². The van der Waals surface area contributed by atoms with Crippen molar-refractivity contribution in [3.8, 4) is 0 Å². The van der Waals surface area contributed by atoms with Crippen LogP contribution in [-0.2, 0) is 4.79 Å². The minimum absolute atomic E-state index is 0.0948. The lowest BCUT2D eigenvalue weighted by molar-refractivity contribution is -0.143. The van der Waals surface area contributed by atoms with Crippen LogP contribution in [0.3, 0.4) is 0 Å². The van der Waals surface area contributed by atoms with Gasteiger partial charge in [-0.3, -0.25) is 4.79 Å². The van der Waals surface area contributed by atoms with Gasteiger partial charge in [0.05, 0.1) is 5.92 Å². The van der Waals surface area contributed by atoms with E-state index < -0.39 is 5.97 Å². The van der Waals surface area contributed by atoms with Crippen molar-refractivity contribution in [2.24, 2.45) is 23.5 Å². The fraction of sp³-hybridized carbons (Fsp3) is 0.875. The molecule has 2 rings (SSSR count). The number of carboxylic acids is 1. The number of fused-ring (bicyclic) bond motifs is 1. The highest BCUT2D eigenvalue weighted by Gasteiger charge is 2.64. The molecule has 2 aliphatic carbocycles. The summed E-state index contributed by atoms with van der Waals surface area (Å²) in [5, 5.41) is 8.84. The molecule has 4 atom stereocenters. The molecule has 2 saturated carbocycles. The Morgan fingerprint density at radius 1 is 1.64 bits per heavy atom. The fourth-order valence-corrected chi connectivity index (χ4v) is 2.61. The average Bonchev–Trinajstić information content (AvgIpc) is 2.34. The fourth-order valence-electron chi connectivity index (χ4n) is 2.61. The van der Waals surface area contributed by atoms with Crippen LogP contribution in [0.25, 0.3) is 0 Å². The second kappa shape index (κ2) is 1.78. The summed E-state index contributed by atoms with van der Waals surface area (Å²) in [7, 11) is 0. The Morgan fingerprint density at radius 2 is 2.27 bits per heavy atom. The van der Waals surface area contributed by atoms with E-state index in [0.717, 1.165) is 12.8 Å². The van der Waals surface area contributed by atoms with Crippen molar-refractivity contribution in [1.82, 2.24) is 0 Å². The summed E-state index contributed by atoms with van der Waals surface area (Å²) < 4.78 is 0. The van der Waals surface area contributed by atoms with Crippen molar-refractivity contribution in [3.63, 3.8) is 0 Å². The van der Waals surface area contributed by atoms with Gasteiger partial charge in [-0.2, -0.15) is 0 Å². The predicted molar refractivity (Wildman–Crippen MR) is 39.9 cm³/mol. The van der Waals surface area contributed by atoms with E-state index in [9.17, 15) is 4.79 Å². The Labute approximate surface area is 65.6 Å². The van der Waals surface area contributed by atoms with Gasteiger partial charge in [0.15, 0.2) is 0 Å². The quantitative estimate of drug-likeness (QED) is 0.577. The van der Waals surface area contributed by atoms with E-state index >= 15 is 0 Å². The third-order valence-electron chi connectivity index (χ3n) is 3.21. The molecule has 0 bridgehead atoms. The molecular formula is C8H13NO2. The first-order valence-corrected chi connectivity index (χ1v) is 4.06. The molecule has 3 nitrogen and oxygen atoms in total. The minimum atomic E-state index is -0.660. The average molecular weight is 155 g/mol. The molecule has 3 heteroatoms. The van der Waals surface area contributed by atoms with Gasteiger partial charge < -0.3 is 10.8 Å².